The van der Waals surface area contributed by atoms with E-state index in [1.165, 1.54) is 59.1 Å². The fraction of sp³-hybridized carbons (Fsp3) is 0.577. The average Bonchev–Trinajstić information content (AvgIpc) is 2.64. The van der Waals surface area contributed by atoms with E-state index in [0.29, 0.717) is 48.9 Å². The van der Waals surface area contributed by atoms with Crippen molar-refractivity contribution in [1.29, 1.82) is 0 Å². The lowest BCUT2D eigenvalue weighted by molar-refractivity contribution is 0.118. The lowest BCUT2D eigenvalue weighted by atomic mass is 9.87. The monoisotopic (exact) mass is 1320 g/mol. The summed E-state index contributed by atoms with van der Waals surface area (Å²) in [6.45, 7) is 19.4. The average molecular weight is 1330 g/mol. The zero-order valence-corrected chi connectivity index (χ0v) is 57.5. The molecule has 0 spiro atoms. The van der Waals surface area contributed by atoms with E-state index in [9.17, 15) is 25.3 Å². The molecule has 0 aromatic heterocycles. The highest BCUT2D eigenvalue weighted by Gasteiger charge is 2.31. The maximum Gasteiger partial charge on any atom is 0.297 e. The van der Waals surface area contributed by atoms with Crippen LogP contribution in [0.25, 0.3) is 0 Å². The normalized spacial score (nSPS) is 22.0. The first-order valence-corrected chi connectivity index (χ1v) is 36.6. The molecule has 0 heterocycles. The van der Waals surface area contributed by atoms with Gasteiger partial charge in [-0.05, 0) is 178 Å². The summed E-state index contributed by atoms with van der Waals surface area (Å²) in [5, 5.41) is 7.03. The van der Waals surface area contributed by atoms with E-state index in [2.05, 4.69) is 84.2 Å². The molecule has 0 unspecified atom stereocenters. The molecule has 3 aromatic rings. The number of aryl methyl sites for hydroxylation is 3. The molecule has 6 atom stereocenters. The number of benzene rings is 3. The van der Waals surface area contributed by atoms with Gasteiger partial charge in [0.05, 0.1) is 60.9 Å². The van der Waals surface area contributed by atoms with Crippen LogP contribution in [0.2, 0.25) is 0 Å². The number of hydrogen-bond donors (Lipinski definition) is 5. The summed E-state index contributed by atoms with van der Waals surface area (Å²) in [5.41, 5.74) is 17.0. The summed E-state index contributed by atoms with van der Waals surface area (Å²) in [6.07, 6.45) is 32.7. The maximum absolute atomic E-state index is 12.8. The first kappa shape index (κ1) is 78.3. The van der Waals surface area contributed by atoms with Gasteiger partial charge in [-0.15, -0.1) is 12.4 Å². The molecule has 3 saturated carbocycles. The van der Waals surface area contributed by atoms with Crippen molar-refractivity contribution in [2.45, 2.75) is 216 Å². The zero-order chi connectivity index (χ0) is 63.4. The summed E-state index contributed by atoms with van der Waals surface area (Å²) >= 11 is 0. The number of nitrogens with two attached hydrogens (primary N) is 1. The van der Waals surface area contributed by atoms with Crippen LogP contribution in [0.15, 0.2) is 157 Å². The van der Waals surface area contributed by atoms with Crippen LogP contribution >= 0.6 is 12.4 Å². The lowest BCUT2D eigenvalue weighted by Gasteiger charge is -2.32. The molecule has 0 bridgehead atoms. The number of allylic oxidation sites excluding steroid dienone is 9. The fourth-order valence-electron chi connectivity index (χ4n) is 11.3. The molecule has 0 saturated heterocycles. The van der Waals surface area contributed by atoms with Crippen molar-refractivity contribution >= 4 is 42.6 Å². The van der Waals surface area contributed by atoms with Gasteiger partial charge in [0.25, 0.3) is 10.1 Å². The number of halogens is 1. The Hall–Kier alpha value is -4.12. The molecule has 19 heteroatoms. The van der Waals surface area contributed by atoms with Crippen molar-refractivity contribution in [3.05, 3.63) is 159 Å². The number of ether oxygens (including phenoxy) is 3. The van der Waals surface area contributed by atoms with Gasteiger partial charge in [0.1, 0.15) is 0 Å². The van der Waals surface area contributed by atoms with Gasteiger partial charge in [-0.2, -0.15) is 8.42 Å². The number of nitrogens with one attached hydrogen (secondary N) is 4. The van der Waals surface area contributed by atoms with Crippen LogP contribution in [0.5, 0.6) is 0 Å². The Labute approximate surface area is 549 Å². The van der Waals surface area contributed by atoms with Crippen molar-refractivity contribution in [3.63, 3.8) is 0 Å². The Balaban J connectivity index is 0.000000270. The van der Waals surface area contributed by atoms with Crippen molar-refractivity contribution < 1.29 is 43.6 Å². The van der Waals surface area contributed by atoms with Crippen LogP contribution in [-0.2, 0) is 48.6 Å². The molecule has 0 radical (unpaired) electrons. The molecule has 6 aliphatic rings. The van der Waals surface area contributed by atoms with Crippen LogP contribution in [0, 0.1) is 26.7 Å². The Kier molecular flexibility index (Phi) is 35.6. The van der Waals surface area contributed by atoms with Crippen LogP contribution < -0.4 is 25.8 Å². The van der Waals surface area contributed by atoms with Crippen LogP contribution in [0.1, 0.15) is 167 Å². The van der Waals surface area contributed by atoms with E-state index in [-0.39, 0.29) is 62.1 Å². The van der Waals surface area contributed by atoms with E-state index in [0.717, 1.165) is 126 Å². The highest BCUT2D eigenvalue weighted by Crippen LogP contribution is 2.25. The van der Waals surface area contributed by atoms with Gasteiger partial charge in [0, 0.05) is 43.3 Å². The highest BCUT2D eigenvalue weighted by molar-refractivity contribution is 7.89. The van der Waals surface area contributed by atoms with Gasteiger partial charge in [-0.3, -0.25) is 4.18 Å². The molecule has 0 aliphatic heterocycles. The van der Waals surface area contributed by atoms with Gasteiger partial charge in [0.2, 0.25) is 20.0 Å². The summed E-state index contributed by atoms with van der Waals surface area (Å²) in [7, 11) is -10.7. The van der Waals surface area contributed by atoms with Crippen molar-refractivity contribution in [1.82, 2.24) is 20.1 Å². The Morgan fingerprint density at radius 3 is 1.09 bits per heavy atom. The quantitative estimate of drug-likeness (QED) is 0.0304. The van der Waals surface area contributed by atoms with Crippen LogP contribution in [0.4, 0.5) is 0 Å². The van der Waals surface area contributed by atoms with Gasteiger partial charge in [0.15, 0.2) is 0 Å². The third-order valence-corrected chi connectivity index (χ3v) is 21.5. The predicted molar refractivity (Wildman–Crippen MR) is 371 cm³/mol. The third kappa shape index (κ3) is 28.6. The van der Waals surface area contributed by atoms with E-state index in [4.69, 9.17) is 24.1 Å². The van der Waals surface area contributed by atoms with Gasteiger partial charge in [-0.1, -0.05) is 159 Å². The summed E-state index contributed by atoms with van der Waals surface area (Å²) in [4.78, 5) is 0.843. The summed E-state index contributed by atoms with van der Waals surface area (Å²) < 4.78 is 103. The van der Waals surface area contributed by atoms with Crippen molar-refractivity contribution in [2.24, 2.45) is 11.7 Å². The summed E-state index contributed by atoms with van der Waals surface area (Å²) in [6, 6.07) is 21.3. The molecule has 504 valence electrons. The van der Waals surface area contributed by atoms with E-state index >= 15 is 0 Å². The zero-order valence-electron chi connectivity index (χ0n) is 54.2. The molecule has 3 fully saturated rings. The Morgan fingerprint density at radius 2 is 0.756 bits per heavy atom. The number of rotatable bonds is 25. The van der Waals surface area contributed by atoms with Crippen molar-refractivity contribution in [3.8, 4) is 0 Å². The van der Waals surface area contributed by atoms with E-state index < -0.39 is 30.2 Å². The molecule has 15 nitrogen and oxygen atoms in total. The van der Waals surface area contributed by atoms with E-state index in [1.807, 2.05) is 45.0 Å². The molecule has 0 amide bonds. The first-order chi connectivity index (χ1) is 42.2. The second kappa shape index (κ2) is 40.9. The molecule has 3 aromatic carbocycles. The van der Waals surface area contributed by atoms with Gasteiger partial charge >= 0.3 is 0 Å². The molecule has 9 rings (SSSR count). The SMILES string of the molecule is C.CC1=CCC(COCCN[C@@H]2CCCC[C@H]2NS(=O)(=O)c2ccc(C)cc2)=CC1.CC1=CCC(COCCN[C@@H]2CCCC[C@H]2NS(=O)(=O)c2ccc(C)cc2)=CC1.CC1=CCC(COCCOS(=O)(=O)c2ccc(C)cc2)=CC1.C[C@@H]1CCCC[C@H]1N.Cl. The standard InChI is InChI=1S/2C23H34N2O3S.C17H22O4S.C7H15N.CH4.ClH/c2*1-18-7-11-20(12-8-18)17-28-16-15-24-22-5-3-4-6-23(22)25-29(26,27)21-13-9-19(2)10-14-21;1-14-3-7-16(8-4-14)13-20-11-12-21-22(18,19)17-9-5-15(2)6-10-17;1-6-4-2-3-5-7(6)8;;/h2*7,9-10,12-14,22-25H,3-6,8,11,15-17H2,1-2H3;3,5-6,8-10H,4,7,11-13H2,1-2H3;6-7H,2-5,8H2,1H3;1H4;1H/t2*22-,23-;;6-,7-;;/m11.1../s1. The second-order valence-electron chi connectivity index (χ2n) is 24.9. The second-order valence-corrected chi connectivity index (χ2v) is 30.0. The molecular formula is C71H110ClN5O10S3. The minimum Gasteiger partial charge on any atom is -0.376 e. The van der Waals surface area contributed by atoms with Gasteiger partial charge < -0.3 is 30.6 Å². The number of sulfonamides is 2. The maximum atomic E-state index is 12.8. The van der Waals surface area contributed by atoms with Crippen LogP contribution in [-0.4, -0.2) is 115 Å². The Bertz CT molecular complexity index is 3000. The predicted octanol–water partition coefficient (Wildman–Crippen LogP) is 13.7. The third-order valence-electron chi connectivity index (χ3n) is 17.2. The Morgan fingerprint density at radius 1 is 0.422 bits per heavy atom. The summed E-state index contributed by atoms with van der Waals surface area (Å²) in [5.74, 6) is 0.781. The van der Waals surface area contributed by atoms with Crippen molar-refractivity contribution in [2.75, 3.05) is 59.3 Å². The minimum atomic E-state index is -3.69. The van der Waals surface area contributed by atoms with E-state index in [1.54, 1.807) is 48.5 Å². The molecule has 6 aliphatic carbocycles. The van der Waals surface area contributed by atoms with Gasteiger partial charge in [-0.25, -0.2) is 26.3 Å². The van der Waals surface area contributed by atoms with Crippen LogP contribution in [0.3, 0.4) is 0 Å². The largest absolute Gasteiger partial charge is 0.376 e. The smallest absolute Gasteiger partial charge is 0.297 e. The molecule has 6 N–H and O–H groups in total. The molecular weight excluding hydrogens is 1210 g/mol. The highest BCUT2D eigenvalue weighted by atomic mass is 35.5. The first-order valence-electron chi connectivity index (χ1n) is 32.3. The lowest BCUT2D eigenvalue weighted by Crippen LogP contribution is -2.52. The number of hydrogen-bond acceptors (Lipinski definition) is 13. The molecule has 90 heavy (non-hydrogen) atoms. The minimum absolute atomic E-state index is 0. The topological polar surface area (TPSA) is 213 Å². The fourth-order valence-corrected chi connectivity index (χ4v) is 14.8.